The highest BCUT2D eigenvalue weighted by Gasteiger charge is 2.38. The Kier molecular flexibility index (Phi) is 6.26. The maximum atomic E-state index is 12.5. The Morgan fingerprint density at radius 3 is 2.46 bits per heavy atom. The SMILES string of the molecule is COc1ccc(CN2C(=O)N[C@H](CC(=O)NCCc3ccccc3)C2=O)cc1. The number of hydrogen-bond donors (Lipinski definition) is 2. The van der Waals surface area contributed by atoms with Crippen molar-refractivity contribution in [2.45, 2.75) is 25.4 Å². The Morgan fingerprint density at radius 2 is 1.79 bits per heavy atom. The number of rotatable bonds is 8. The molecule has 2 N–H and O–H groups in total. The van der Waals surface area contributed by atoms with Gasteiger partial charge >= 0.3 is 6.03 Å². The first kappa shape index (κ1) is 19.4. The third kappa shape index (κ3) is 4.88. The first-order valence-electron chi connectivity index (χ1n) is 9.12. The van der Waals surface area contributed by atoms with E-state index in [1.807, 2.05) is 30.3 Å². The second kappa shape index (κ2) is 9.03. The second-order valence-corrected chi connectivity index (χ2v) is 6.56. The number of hydrogen-bond acceptors (Lipinski definition) is 4. The van der Waals surface area contributed by atoms with Gasteiger partial charge < -0.3 is 15.4 Å². The van der Waals surface area contributed by atoms with E-state index >= 15 is 0 Å². The van der Waals surface area contributed by atoms with E-state index in [4.69, 9.17) is 4.74 Å². The molecule has 0 unspecified atom stereocenters. The number of benzene rings is 2. The molecule has 1 atom stereocenters. The Balaban J connectivity index is 1.49. The van der Waals surface area contributed by atoms with Crippen LogP contribution in [0.15, 0.2) is 54.6 Å². The Bertz CT molecular complexity index is 836. The van der Waals surface area contributed by atoms with Crippen LogP contribution in [0.3, 0.4) is 0 Å². The average molecular weight is 381 g/mol. The number of imide groups is 1. The topological polar surface area (TPSA) is 87.7 Å². The summed E-state index contributed by atoms with van der Waals surface area (Å²) < 4.78 is 5.10. The van der Waals surface area contributed by atoms with Gasteiger partial charge in [0.25, 0.3) is 5.91 Å². The fraction of sp³-hybridized carbons (Fsp3) is 0.286. The van der Waals surface area contributed by atoms with Gasteiger partial charge in [0.05, 0.1) is 20.1 Å². The molecule has 0 aromatic heterocycles. The number of urea groups is 1. The van der Waals surface area contributed by atoms with Crippen LogP contribution >= 0.6 is 0 Å². The monoisotopic (exact) mass is 381 g/mol. The van der Waals surface area contributed by atoms with Crippen molar-refractivity contribution < 1.29 is 19.1 Å². The van der Waals surface area contributed by atoms with Crippen LogP contribution in [0.4, 0.5) is 4.79 Å². The van der Waals surface area contributed by atoms with Crippen LogP contribution in [0.1, 0.15) is 17.5 Å². The summed E-state index contributed by atoms with van der Waals surface area (Å²) in [6.07, 6.45) is 0.639. The summed E-state index contributed by atoms with van der Waals surface area (Å²) in [5.41, 5.74) is 1.93. The van der Waals surface area contributed by atoms with Crippen molar-refractivity contribution in [2.75, 3.05) is 13.7 Å². The average Bonchev–Trinajstić information content (AvgIpc) is 2.96. The second-order valence-electron chi connectivity index (χ2n) is 6.56. The molecule has 2 aromatic rings. The maximum Gasteiger partial charge on any atom is 0.325 e. The first-order valence-corrected chi connectivity index (χ1v) is 9.12. The van der Waals surface area contributed by atoms with Gasteiger partial charge in [-0.1, -0.05) is 42.5 Å². The molecule has 1 aliphatic rings. The molecule has 2 aromatic carbocycles. The number of methoxy groups -OCH3 is 1. The largest absolute Gasteiger partial charge is 0.497 e. The Morgan fingerprint density at radius 1 is 1.07 bits per heavy atom. The lowest BCUT2D eigenvalue weighted by Gasteiger charge is -2.13. The zero-order valence-corrected chi connectivity index (χ0v) is 15.7. The van der Waals surface area contributed by atoms with Gasteiger partial charge in [-0.25, -0.2) is 4.79 Å². The van der Waals surface area contributed by atoms with Gasteiger partial charge in [0.2, 0.25) is 5.91 Å². The summed E-state index contributed by atoms with van der Waals surface area (Å²) in [7, 11) is 1.57. The predicted octanol–water partition coefficient (Wildman–Crippen LogP) is 1.86. The molecule has 0 spiro atoms. The standard InChI is InChI=1S/C21H23N3O4/c1-28-17-9-7-16(8-10-17)14-24-20(26)18(23-21(24)27)13-19(25)22-12-11-15-5-3-2-4-6-15/h2-10,18H,11-14H2,1H3,(H,22,25)(H,23,27)/t18-/m1/s1. The zero-order valence-electron chi connectivity index (χ0n) is 15.7. The van der Waals surface area contributed by atoms with Crippen molar-refractivity contribution in [2.24, 2.45) is 0 Å². The van der Waals surface area contributed by atoms with Crippen LogP contribution in [-0.4, -0.2) is 42.4 Å². The van der Waals surface area contributed by atoms with Crippen LogP contribution in [0.5, 0.6) is 5.75 Å². The van der Waals surface area contributed by atoms with E-state index in [0.29, 0.717) is 18.7 Å². The molecule has 0 aliphatic carbocycles. The smallest absolute Gasteiger partial charge is 0.325 e. The summed E-state index contributed by atoms with van der Waals surface area (Å²) in [6, 6.07) is 15.6. The van der Waals surface area contributed by atoms with Crippen molar-refractivity contribution >= 4 is 17.8 Å². The molecule has 1 fully saturated rings. The minimum Gasteiger partial charge on any atom is -0.497 e. The van der Waals surface area contributed by atoms with E-state index in [-0.39, 0.29) is 24.8 Å². The van der Waals surface area contributed by atoms with E-state index in [0.717, 1.165) is 16.0 Å². The van der Waals surface area contributed by atoms with Gasteiger partial charge in [-0.05, 0) is 29.7 Å². The molecule has 1 saturated heterocycles. The first-order chi connectivity index (χ1) is 13.6. The van der Waals surface area contributed by atoms with Crippen molar-refractivity contribution in [3.63, 3.8) is 0 Å². The van der Waals surface area contributed by atoms with Crippen LogP contribution in [-0.2, 0) is 22.6 Å². The van der Waals surface area contributed by atoms with Crippen molar-refractivity contribution in [1.82, 2.24) is 15.5 Å². The summed E-state index contributed by atoms with van der Waals surface area (Å²) in [6.45, 7) is 0.633. The molecule has 7 heteroatoms. The molecule has 3 rings (SSSR count). The van der Waals surface area contributed by atoms with E-state index in [2.05, 4.69) is 10.6 Å². The summed E-state index contributed by atoms with van der Waals surface area (Å²) in [4.78, 5) is 37.9. The van der Waals surface area contributed by atoms with Crippen LogP contribution < -0.4 is 15.4 Å². The molecule has 0 bridgehead atoms. The number of carbonyl (C=O) groups excluding carboxylic acids is 3. The van der Waals surface area contributed by atoms with Crippen LogP contribution in [0.25, 0.3) is 0 Å². The maximum absolute atomic E-state index is 12.5. The molecule has 0 saturated carbocycles. The Hall–Kier alpha value is -3.35. The van der Waals surface area contributed by atoms with E-state index < -0.39 is 12.1 Å². The minimum absolute atomic E-state index is 0.0710. The van der Waals surface area contributed by atoms with E-state index in [1.54, 1.807) is 31.4 Å². The van der Waals surface area contributed by atoms with Gasteiger partial charge in [0, 0.05) is 6.54 Å². The van der Waals surface area contributed by atoms with Crippen LogP contribution in [0.2, 0.25) is 0 Å². The molecular weight excluding hydrogens is 358 g/mol. The lowest BCUT2D eigenvalue weighted by atomic mass is 10.1. The van der Waals surface area contributed by atoms with Gasteiger partial charge in [-0.15, -0.1) is 0 Å². The molecule has 146 valence electrons. The number of nitrogens with one attached hydrogen (secondary N) is 2. The molecule has 28 heavy (non-hydrogen) atoms. The zero-order chi connectivity index (χ0) is 19.9. The molecule has 1 aliphatic heterocycles. The summed E-state index contributed by atoms with van der Waals surface area (Å²) in [5.74, 6) is 0.0471. The number of nitrogens with zero attached hydrogens (tertiary/aromatic N) is 1. The molecule has 1 heterocycles. The van der Waals surface area contributed by atoms with Crippen molar-refractivity contribution in [3.05, 3.63) is 65.7 Å². The van der Waals surface area contributed by atoms with Crippen molar-refractivity contribution in [1.29, 1.82) is 0 Å². The van der Waals surface area contributed by atoms with E-state index in [1.165, 1.54) is 0 Å². The highest BCUT2D eigenvalue weighted by atomic mass is 16.5. The quantitative estimate of drug-likeness (QED) is 0.684. The summed E-state index contributed by atoms with van der Waals surface area (Å²) in [5, 5.41) is 5.38. The fourth-order valence-electron chi connectivity index (χ4n) is 3.03. The predicted molar refractivity (Wildman–Crippen MR) is 104 cm³/mol. The lowest BCUT2D eigenvalue weighted by Crippen LogP contribution is -2.37. The highest BCUT2D eigenvalue weighted by molar-refractivity contribution is 6.05. The molecular formula is C21H23N3O4. The third-order valence-electron chi connectivity index (χ3n) is 4.57. The molecule has 7 nitrogen and oxygen atoms in total. The Labute approximate surface area is 163 Å². The van der Waals surface area contributed by atoms with Crippen LogP contribution in [0, 0.1) is 0 Å². The van der Waals surface area contributed by atoms with Gasteiger partial charge in [0.15, 0.2) is 0 Å². The van der Waals surface area contributed by atoms with E-state index in [9.17, 15) is 14.4 Å². The highest BCUT2D eigenvalue weighted by Crippen LogP contribution is 2.17. The van der Waals surface area contributed by atoms with Gasteiger partial charge in [0.1, 0.15) is 11.8 Å². The number of carbonyl (C=O) groups is 3. The van der Waals surface area contributed by atoms with Gasteiger partial charge in [-0.2, -0.15) is 0 Å². The number of amides is 4. The van der Waals surface area contributed by atoms with Crippen molar-refractivity contribution in [3.8, 4) is 5.75 Å². The lowest BCUT2D eigenvalue weighted by molar-refractivity contribution is -0.131. The third-order valence-corrected chi connectivity index (χ3v) is 4.57. The van der Waals surface area contributed by atoms with Gasteiger partial charge in [-0.3, -0.25) is 14.5 Å². The minimum atomic E-state index is -0.831. The molecule has 4 amide bonds. The molecule has 0 radical (unpaired) electrons. The fourth-order valence-corrected chi connectivity index (χ4v) is 3.03. The number of ether oxygens (including phenoxy) is 1. The normalized spacial score (nSPS) is 16.0. The summed E-state index contributed by atoms with van der Waals surface area (Å²) >= 11 is 0.